The fraction of sp³-hybridized carbons (Fsp3) is 0.261. The Labute approximate surface area is 219 Å². The third-order valence-electron chi connectivity index (χ3n) is 5.41. The quantitative estimate of drug-likeness (QED) is 0.411. The van der Waals surface area contributed by atoms with E-state index < -0.39 is 39.0 Å². The van der Waals surface area contributed by atoms with Crippen molar-refractivity contribution < 1.29 is 31.2 Å². The molecule has 196 valence electrons. The van der Waals surface area contributed by atoms with Crippen molar-refractivity contribution in [2.24, 2.45) is 0 Å². The Morgan fingerprint density at radius 1 is 1.19 bits per heavy atom. The van der Waals surface area contributed by atoms with E-state index >= 15 is 0 Å². The molecule has 2 heterocycles. The molecule has 14 heteroatoms. The number of halogens is 4. The highest BCUT2D eigenvalue weighted by Crippen LogP contribution is 2.35. The summed E-state index contributed by atoms with van der Waals surface area (Å²) in [5, 5.41) is 4.31. The first-order chi connectivity index (χ1) is 17.2. The van der Waals surface area contributed by atoms with Gasteiger partial charge in [-0.3, -0.25) is 19.2 Å². The highest BCUT2D eigenvalue weighted by atomic mass is 35.5. The highest BCUT2D eigenvalue weighted by Gasteiger charge is 2.36. The van der Waals surface area contributed by atoms with Crippen LogP contribution in [0.1, 0.15) is 23.6 Å². The lowest BCUT2D eigenvalue weighted by atomic mass is 10.1. The summed E-state index contributed by atoms with van der Waals surface area (Å²) in [4.78, 5) is 26.2. The minimum absolute atomic E-state index is 0.0132. The molecule has 0 bridgehead atoms. The van der Waals surface area contributed by atoms with Gasteiger partial charge < -0.3 is 0 Å². The molecule has 0 radical (unpaired) electrons. The van der Waals surface area contributed by atoms with Gasteiger partial charge in [0, 0.05) is 23.0 Å². The van der Waals surface area contributed by atoms with E-state index in [1.807, 2.05) is 0 Å². The first kappa shape index (κ1) is 27.2. The van der Waals surface area contributed by atoms with Crippen molar-refractivity contribution in [2.45, 2.75) is 25.7 Å². The van der Waals surface area contributed by atoms with Crippen molar-refractivity contribution >= 4 is 61.5 Å². The third-order valence-corrected chi connectivity index (χ3v) is 7.38. The van der Waals surface area contributed by atoms with Crippen molar-refractivity contribution in [3.05, 3.63) is 69.2 Å². The number of sulfonamides is 1. The molecule has 2 aromatic carbocycles. The Morgan fingerprint density at radius 3 is 2.59 bits per heavy atom. The van der Waals surface area contributed by atoms with Crippen LogP contribution < -0.4 is 4.72 Å². The van der Waals surface area contributed by atoms with Crippen LogP contribution in [0.25, 0.3) is 17.0 Å². The van der Waals surface area contributed by atoms with Crippen molar-refractivity contribution in [3.8, 4) is 0 Å². The predicted molar refractivity (Wildman–Crippen MR) is 135 cm³/mol. The fourth-order valence-electron chi connectivity index (χ4n) is 3.92. The largest absolute Gasteiger partial charge is 0.416 e. The molecule has 0 saturated carbocycles. The Morgan fingerprint density at radius 2 is 1.92 bits per heavy atom. The first-order valence-corrected chi connectivity index (χ1v) is 13.8. The number of thioether (sulfide) groups is 1. The van der Waals surface area contributed by atoms with Crippen LogP contribution in [0.3, 0.4) is 0 Å². The molecule has 1 N–H and O–H groups in total. The fourth-order valence-corrected chi connectivity index (χ4v) is 5.74. The van der Waals surface area contributed by atoms with Gasteiger partial charge in [-0.15, -0.1) is 0 Å². The van der Waals surface area contributed by atoms with E-state index in [-0.39, 0.29) is 28.6 Å². The van der Waals surface area contributed by atoms with Crippen molar-refractivity contribution in [2.75, 3.05) is 12.8 Å². The Hall–Kier alpha value is -2.87. The van der Waals surface area contributed by atoms with Crippen molar-refractivity contribution in [1.82, 2.24) is 19.4 Å². The predicted octanol–water partition coefficient (Wildman–Crippen LogP) is 4.73. The van der Waals surface area contributed by atoms with Gasteiger partial charge >= 0.3 is 6.18 Å². The number of alkyl halides is 3. The Balaban J connectivity index is 1.55. The van der Waals surface area contributed by atoms with E-state index in [9.17, 15) is 31.2 Å². The number of nitrogens with one attached hydrogen (secondary N) is 1. The van der Waals surface area contributed by atoms with Gasteiger partial charge in [-0.1, -0.05) is 23.7 Å². The number of carbonyl (C=O) groups excluding carboxylic acids is 2. The van der Waals surface area contributed by atoms with E-state index in [4.69, 9.17) is 11.6 Å². The van der Waals surface area contributed by atoms with Gasteiger partial charge in [-0.2, -0.15) is 18.3 Å². The zero-order chi connectivity index (χ0) is 27.1. The number of imide groups is 1. The van der Waals surface area contributed by atoms with Gasteiger partial charge in [0.05, 0.1) is 35.0 Å². The van der Waals surface area contributed by atoms with Crippen LogP contribution in [0.2, 0.25) is 5.02 Å². The molecule has 3 aromatic rings. The first-order valence-electron chi connectivity index (χ1n) is 10.7. The normalized spacial score (nSPS) is 16.8. The third kappa shape index (κ3) is 6.35. The maximum Gasteiger partial charge on any atom is 0.416 e. The number of fused-ring (bicyclic) bond motifs is 1. The van der Waals surface area contributed by atoms with E-state index in [1.54, 1.807) is 25.1 Å². The molecule has 0 unspecified atom stereocenters. The van der Waals surface area contributed by atoms with Crippen LogP contribution in [0, 0.1) is 0 Å². The number of amides is 2. The molecule has 4 rings (SSSR count). The second kappa shape index (κ2) is 10.1. The molecular weight excluding hydrogens is 553 g/mol. The Kier molecular flexibility index (Phi) is 7.43. The zero-order valence-corrected chi connectivity index (χ0v) is 21.8. The number of hydrogen-bond donors (Lipinski definition) is 1. The van der Waals surface area contributed by atoms with Gasteiger partial charge in [0.15, 0.2) is 0 Å². The molecule has 2 amide bonds. The van der Waals surface area contributed by atoms with Crippen LogP contribution >= 0.6 is 23.4 Å². The van der Waals surface area contributed by atoms with Gasteiger partial charge in [0.25, 0.3) is 11.1 Å². The summed E-state index contributed by atoms with van der Waals surface area (Å²) >= 11 is 6.50. The van der Waals surface area contributed by atoms with Gasteiger partial charge in [-0.25, -0.2) is 13.1 Å². The highest BCUT2D eigenvalue weighted by molar-refractivity contribution is 8.18. The molecule has 1 aliphatic rings. The van der Waals surface area contributed by atoms with Gasteiger partial charge in [-0.05, 0) is 60.2 Å². The summed E-state index contributed by atoms with van der Waals surface area (Å²) in [6, 6.07) is 7.95. The lowest BCUT2D eigenvalue weighted by molar-refractivity contribution is -0.138. The smallest absolute Gasteiger partial charge is 0.268 e. The molecule has 1 aliphatic heterocycles. The number of aromatic nitrogens is 2. The lowest BCUT2D eigenvalue weighted by Gasteiger charge is -2.18. The minimum Gasteiger partial charge on any atom is -0.268 e. The average Bonchev–Trinajstić information content (AvgIpc) is 3.28. The van der Waals surface area contributed by atoms with Crippen LogP contribution in [0.4, 0.5) is 18.0 Å². The number of rotatable bonds is 7. The second-order valence-corrected chi connectivity index (χ2v) is 11.7. The van der Waals surface area contributed by atoms with E-state index in [0.29, 0.717) is 16.5 Å². The summed E-state index contributed by atoms with van der Waals surface area (Å²) in [6.07, 6.45) is -0.560. The maximum absolute atomic E-state index is 13.5. The maximum atomic E-state index is 13.5. The molecule has 8 nitrogen and oxygen atoms in total. The van der Waals surface area contributed by atoms with Gasteiger partial charge in [0.1, 0.15) is 0 Å². The molecule has 1 atom stereocenters. The number of nitrogens with zero attached hydrogens (tertiary/aromatic N) is 3. The van der Waals surface area contributed by atoms with E-state index in [0.717, 1.165) is 29.0 Å². The summed E-state index contributed by atoms with van der Waals surface area (Å²) in [5.41, 5.74) is 0.340. The average molecular weight is 573 g/mol. The van der Waals surface area contributed by atoms with Crippen LogP contribution in [-0.2, 0) is 27.5 Å². The molecule has 1 aromatic heterocycles. The number of benzene rings is 2. The summed E-state index contributed by atoms with van der Waals surface area (Å²) in [6.45, 7) is 1.29. The van der Waals surface area contributed by atoms with Crippen LogP contribution in [0.5, 0.6) is 0 Å². The summed E-state index contributed by atoms with van der Waals surface area (Å²) < 4.78 is 66.9. The second-order valence-electron chi connectivity index (χ2n) is 8.50. The summed E-state index contributed by atoms with van der Waals surface area (Å²) in [5.74, 6) is -0.546. The van der Waals surface area contributed by atoms with Gasteiger partial charge in [0.2, 0.25) is 10.0 Å². The number of carbonyl (C=O) groups is 2. The van der Waals surface area contributed by atoms with E-state index in [1.165, 1.54) is 29.1 Å². The lowest BCUT2D eigenvalue weighted by Crippen LogP contribution is -2.43. The van der Waals surface area contributed by atoms with Crippen LogP contribution in [0.15, 0.2) is 47.5 Å². The minimum atomic E-state index is -4.57. The zero-order valence-electron chi connectivity index (χ0n) is 19.4. The molecule has 37 heavy (non-hydrogen) atoms. The molecule has 1 fully saturated rings. The van der Waals surface area contributed by atoms with Crippen LogP contribution in [-0.4, -0.2) is 53.1 Å². The Bertz CT molecular complexity index is 1540. The summed E-state index contributed by atoms with van der Waals surface area (Å²) in [7, 11) is -3.50. The molecular formula is C23H20ClF3N4O4S2. The number of hydrogen-bond acceptors (Lipinski definition) is 6. The topological polar surface area (TPSA) is 101 Å². The standard InChI is InChI=1S/C23H20ClF3N4O4S2/c1-13(29-37(2,34)35)11-30-21(32)20(36-22(30)33)8-14-3-6-19-16(7-14)10-28-31(19)12-15-4-5-17(24)9-18(15)23(25,26)27/h3-10,13,29H,11-12H2,1-2H3/t13-/m0/s1. The molecule has 1 saturated heterocycles. The monoisotopic (exact) mass is 572 g/mol. The van der Waals surface area contributed by atoms with Crippen molar-refractivity contribution in [3.63, 3.8) is 0 Å². The molecule has 0 aliphatic carbocycles. The SMILES string of the molecule is C[C@@H](CN1C(=O)SC(=Cc2ccc3c(cnn3Cc3ccc(Cl)cc3C(F)(F)F)c2)C1=O)NS(C)(=O)=O. The van der Waals surface area contributed by atoms with E-state index in [2.05, 4.69) is 9.82 Å². The van der Waals surface area contributed by atoms with Crippen molar-refractivity contribution in [1.29, 1.82) is 0 Å². The molecule has 0 spiro atoms.